The molecule has 1 fully saturated rings. The molecule has 1 amide bonds. The van der Waals surface area contributed by atoms with Gasteiger partial charge in [0.2, 0.25) is 0 Å². The summed E-state index contributed by atoms with van der Waals surface area (Å²) >= 11 is 0. The molecule has 1 heterocycles. The van der Waals surface area contributed by atoms with Crippen LogP contribution < -0.4 is 0 Å². The molecule has 1 aliphatic heterocycles. The lowest BCUT2D eigenvalue weighted by Crippen LogP contribution is -2.32. The van der Waals surface area contributed by atoms with Crippen molar-refractivity contribution in [3.05, 3.63) is 76.9 Å². The van der Waals surface area contributed by atoms with Crippen LogP contribution >= 0.6 is 0 Å². The molecule has 1 unspecified atom stereocenters. The lowest BCUT2D eigenvalue weighted by Gasteiger charge is -2.26. The van der Waals surface area contributed by atoms with E-state index < -0.39 is 29.4 Å². The number of carbonyl (C=O) groups is 2. The Morgan fingerprint density at radius 3 is 2.10 bits per heavy atom. The predicted octanol–water partition coefficient (Wildman–Crippen LogP) is 3.34. The summed E-state index contributed by atoms with van der Waals surface area (Å²) in [6.07, 6.45) is 0.619. The molecule has 0 saturated carbocycles. The van der Waals surface area contributed by atoms with Crippen molar-refractivity contribution in [2.45, 2.75) is 12.5 Å². The van der Waals surface area contributed by atoms with Crippen molar-refractivity contribution in [1.82, 2.24) is 9.80 Å². The molecule has 1 atom stereocenters. The van der Waals surface area contributed by atoms with Crippen LogP contribution in [0.1, 0.15) is 23.6 Å². The summed E-state index contributed by atoms with van der Waals surface area (Å²) < 4.78 is 26.7. The van der Waals surface area contributed by atoms with Crippen molar-refractivity contribution in [2.24, 2.45) is 0 Å². The number of likely N-dealkylation sites (tertiary alicyclic amines) is 1. The zero-order valence-electron chi connectivity index (χ0n) is 16.2. The highest BCUT2D eigenvalue weighted by Gasteiger charge is 2.45. The second kappa shape index (κ2) is 8.53. The van der Waals surface area contributed by atoms with Gasteiger partial charge in [-0.1, -0.05) is 12.1 Å². The zero-order valence-corrected chi connectivity index (χ0v) is 16.2. The Labute approximate surface area is 167 Å². The number of hydrogen-bond acceptors (Lipinski definition) is 4. The van der Waals surface area contributed by atoms with Crippen molar-refractivity contribution in [3.63, 3.8) is 0 Å². The van der Waals surface area contributed by atoms with Crippen molar-refractivity contribution in [1.29, 1.82) is 0 Å². The molecule has 1 aliphatic rings. The Balaban J connectivity index is 2.07. The second-order valence-electron chi connectivity index (χ2n) is 7.21. The number of carbonyl (C=O) groups excluding carboxylic acids is 2. The summed E-state index contributed by atoms with van der Waals surface area (Å²) in [5.74, 6) is -2.85. The van der Waals surface area contributed by atoms with Gasteiger partial charge >= 0.3 is 0 Å². The number of rotatable bonds is 6. The molecule has 0 aliphatic carbocycles. The van der Waals surface area contributed by atoms with Gasteiger partial charge in [0.1, 0.15) is 17.4 Å². The lowest BCUT2D eigenvalue weighted by molar-refractivity contribution is -0.139. The summed E-state index contributed by atoms with van der Waals surface area (Å²) in [6.45, 7) is 1.00. The number of Topliss-reactive ketones (excluding diaryl/α,β-unsaturated/α-hetero) is 1. The molecule has 29 heavy (non-hydrogen) atoms. The van der Waals surface area contributed by atoms with E-state index in [9.17, 15) is 23.5 Å². The van der Waals surface area contributed by atoms with Crippen LogP contribution in [0, 0.1) is 11.6 Å². The van der Waals surface area contributed by atoms with Crippen LogP contribution in [0.2, 0.25) is 0 Å². The molecule has 3 rings (SSSR count). The molecule has 1 saturated heterocycles. The van der Waals surface area contributed by atoms with Crippen LogP contribution in [-0.4, -0.2) is 53.8 Å². The van der Waals surface area contributed by atoms with Crippen LogP contribution in [0.3, 0.4) is 0 Å². The van der Waals surface area contributed by atoms with E-state index in [2.05, 4.69) is 0 Å². The van der Waals surface area contributed by atoms with Gasteiger partial charge in [-0.25, -0.2) is 8.78 Å². The molecule has 2 aromatic carbocycles. The Hall–Kier alpha value is -3.06. The minimum Gasteiger partial charge on any atom is -0.507 e. The molecular weight excluding hydrogens is 378 g/mol. The number of benzene rings is 2. The second-order valence-corrected chi connectivity index (χ2v) is 7.21. The Bertz CT molecular complexity index is 938. The van der Waals surface area contributed by atoms with E-state index in [4.69, 9.17) is 0 Å². The maximum atomic E-state index is 13.4. The third-order valence-electron chi connectivity index (χ3n) is 4.85. The fourth-order valence-corrected chi connectivity index (χ4v) is 3.42. The van der Waals surface area contributed by atoms with E-state index >= 15 is 0 Å². The Morgan fingerprint density at radius 1 is 1.00 bits per heavy atom. The van der Waals surface area contributed by atoms with Gasteiger partial charge in [-0.3, -0.25) is 9.59 Å². The van der Waals surface area contributed by atoms with Gasteiger partial charge in [-0.15, -0.1) is 0 Å². The summed E-state index contributed by atoms with van der Waals surface area (Å²) in [7, 11) is 3.81. The molecule has 0 spiro atoms. The third kappa shape index (κ3) is 4.35. The normalized spacial score (nSPS) is 18.7. The Morgan fingerprint density at radius 2 is 1.55 bits per heavy atom. The molecule has 0 radical (unpaired) electrons. The van der Waals surface area contributed by atoms with Gasteiger partial charge in [0.25, 0.3) is 11.7 Å². The maximum absolute atomic E-state index is 13.4. The first kappa shape index (κ1) is 20.7. The summed E-state index contributed by atoms with van der Waals surface area (Å²) in [5.41, 5.74) is 0.655. The van der Waals surface area contributed by atoms with Gasteiger partial charge in [-0.05, 0) is 69.0 Å². The predicted molar refractivity (Wildman–Crippen MR) is 105 cm³/mol. The average molecular weight is 400 g/mol. The van der Waals surface area contributed by atoms with Crippen molar-refractivity contribution < 1.29 is 23.5 Å². The van der Waals surface area contributed by atoms with Crippen molar-refractivity contribution in [2.75, 3.05) is 27.2 Å². The summed E-state index contributed by atoms with van der Waals surface area (Å²) in [6, 6.07) is 9.62. The number of aliphatic hydroxyl groups is 1. The first-order chi connectivity index (χ1) is 13.8. The minimum absolute atomic E-state index is 0.0851. The largest absolute Gasteiger partial charge is 0.507 e. The molecule has 0 aromatic heterocycles. The van der Waals surface area contributed by atoms with Gasteiger partial charge in [0.05, 0.1) is 11.6 Å². The van der Waals surface area contributed by atoms with Crippen molar-refractivity contribution in [3.8, 4) is 0 Å². The topological polar surface area (TPSA) is 60.9 Å². The highest BCUT2D eigenvalue weighted by Crippen LogP contribution is 2.39. The molecule has 152 valence electrons. The molecule has 2 aromatic rings. The van der Waals surface area contributed by atoms with Crippen LogP contribution in [0.25, 0.3) is 5.76 Å². The fourth-order valence-electron chi connectivity index (χ4n) is 3.42. The SMILES string of the molecule is CN(C)CCCN1C(=O)C(=O)/C(=C(\O)c2ccc(F)cc2)C1c1ccc(F)cc1. The molecule has 7 heteroatoms. The minimum atomic E-state index is -0.845. The number of amides is 1. The number of ketones is 1. The van der Waals surface area contributed by atoms with Crippen LogP contribution in [0.4, 0.5) is 8.78 Å². The van der Waals surface area contributed by atoms with Crippen LogP contribution in [-0.2, 0) is 9.59 Å². The van der Waals surface area contributed by atoms with Gasteiger partial charge in [-0.2, -0.15) is 0 Å². The molecule has 5 nitrogen and oxygen atoms in total. The lowest BCUT2D eigenvalue weighted by atomic mass is 9.95. The van der Waals surface area contributed by atoms with Crippen LogP contribution in [0.5, 0.6) is 0 Å². The quantitative estimate of drug-likeness (QED) is 0.459. The third-order valence-corrected chi connectivity index (χ3v) is 4.85. The van der Waals surface area contributed by atoms with Gasteiger partial charge < -0.3 is 14.9 Å². The monoisotopic (exact) mass is 400 g/mol. The first-order valence-electron chi connectivity index (χ1n) is 9.24. The number of aliphatic hydroxyl groups excluding tert-OH is 1. The maximum Gasteiger partial charge on any atom is 0.295 e. The smallest absolute Gasteiger partial charge is 0.295 e. The fraction of sp³-hybridized carbons (Fsp3) is 0.273. The number of nitrogens with zero attached hydrogens (tertiary/aromatic N) is 2. The van der Waals surface area contributed by atoms with E-state index in [1.54, 1.807) is 0 Å². The van der Waals surface area contributed by atoms with E-state index in [-0.39, 0.29) is 16.9 Å². The van der Waals surface area contributed by atoms with Gasteiger partial charge in [0, 0.05) is 12.1 Å². The van der Waals surface area contributed by atoms with E-state index in [1.165, 1.54) is 41.3 Å². The summed E-state index contributed by atoms with van der Waals surface area (Å²) in [4.78, 5) is 28.9. The van der Waals surface area contributed by atoms with Gasteiger partial charge in [0.15, 0.2) is 0 Å². The molecule has 1 N–H and O–H groups in total. The highest BCUT2D eigenvalue weighted by atomic mass is 19.1. The number of halogens is 2. The number of hydrogen-bond donors (Lipinski definition) is 1. The van der Waals surface area contributed by atoms with Crippen LogP contribution in [0.15, 0.2) is 54.1 Å². The Kier molecular flexibility index (Phi) is 6.08. The van der Waals surface area contributed by atoms with Crippen molar-refractivity contribution >= 4 is 17.4 Å². The molecule has 0 bridgehead atoms. The van der Waals surface area contributed by atoms with E-state index in [0.29, 0.717) is 25.1 Å². The van der Waals surface area contributed by atoms with E-state index in [1.807, 2.05) is 19.0 Å². The van der Waals surface area contributed by atoms with E-state index in [0.717, 1.165) is 12.1 Å². The average Bonchev–Trinajstić information content (AvgIpc) is 2.93. The standard InChI is InChI=1S/C22H22F2N2O3/c1-25(2)12-3-13-26-19(14-4-8-16(23)9-5-14)18(21(28)22(26)29)20(27)15-6-10-17(24)11-7-15/h4-11,19,27H,3,12-13H2,1-2H3/b20-18-. The first-order valence-corrected chi connectivity index (χ1v) is 9.24. The molecular formula is C22H22F2N2O3. The summed E-state index contributed by atoms with van der Waals surface area (Å²) in [5, 5.41) is 10.8. The zero-order chi connectivity index (χ0) is 21.1. The highest BCUT2D eigenvalue weighted by molar-refractivity contribution is 6.46.